The Morgan fingerprint density at radius 3 is 2.36 bits per heavy atom. The largest absolute Gasteiger partial charge is 0.391 e. The van der Waals surface area contributed by atoms with Crippen molar-refractivity contribution in [2.24, 2.45) is 5.41 Å². The minimum absolute atomic E-state index is 0.00213. The Labute approximate surface area is 252 Å². The van der Waals surface area contributed by atoms with Crippen LogP contribution in [0.15, 0.2) is 23.7 Å². The standard InChI is InChI=1S/C32H43N5O4S/c1-18(22-11-10-20(14-23(22)30(3,4)5)25-19(2)34-17-42-25)35-27(39)24-15-21(38)16-37(24)28(40)26(31(6,7)8)36-29(41)32(33-9)12-13-32/h10-11,14,17-18,21,24,26,38H,12-13,15-16H2,1-8H3,(H,35,39)(H,36,41)/t18-,21+,24-,26+/m0/s1. The zero-order valence-corrected chi connectivity index (χ0v) is 26.7. The Hall–Kier alpha value is -3.29. The Morgan fingerprint density at radius 1 is 1.17 bits per heavy atom. The minimum atomic E-state index is -1.10. The molecular formula is C32H43N5O4S. The number of aromatic nitrogens is 1. The maximum absolute atomic E-state index is 13.9. The van der Waals surface area contributed by atoms with Crippen LogP contribution in [0, 0.1) is 18.9 Å². The number of hydrogen-bond donors (Lipinski definition) is 3. The van der Waals surface area contributed by atoms with Gasteiger partial charge in [-0.25, -0.2) is 11.6 Å². The van der Waals surface area contributed by atoms with Gasteiger partial charge >= 0.3 is 11.4 Å². The van der Waals surface area contributed by atoms with Crippen LogP contribution in [-0.2, 0) is 19.8 Å². The second-order valence-electron chi connectivity index (χ2n) is 13.9. The van der Waals surface area contributed by atoms with Crippen LogP contribution < -0.4 is 10.6 Å². The number of aryl methyl sites for hydroxylation is 1. The van der Waals surface area contributed by atoms with Crippen LogP contribution in [0.2, 0.25) is 0 Å². The van der Waals surface area contributed by atoms with Gasteiger partial charge in [0.25, 0.3) is 0 Å². The van der Waals surface area contributed by atoms with E-state index in [2.05, 4.69) is 53.4 Å². The molecule has 3 amide bonds. The number of nitrogens with one attached hydrogen (secondary N) is 2. The number of thiazole rings is 1. The molecule has 0 spiro atoms. The van der Waals surface area contributed by atoms with Gasteiger partial charge < -0.3 is 20.6 Å². The van der Waals surface area contributed by atoms with Crippen molar-refractivity contribution in [3.63, 3.8) is 0 Å². The molecule has 1 aromatic heterocycles. The lowest BCUT2D eigenvalue weighted by molar-refractivity contribution is -0.144. The first kappa shape index (κ1) is 31.6. The molecule has 9 nitrogen and oxygen atoms in total. The van der Waals surface area contributed by atoms with Crippen molar-refractivity contribution < 1.29 is 19.5 Å². The number of nitrogens with zero attached hydrogens (tertiary/aromatic N) is 3. The Bertz CT molecular complexity index is 1410. The number of likely N-dealkylation sites (tertiary alicyclic amines) is 1. The molecule has 2 fully saturated rings. The predicted molar refractivity (Wildman–Crippen MR) is 164 cm³/mol. The molecule has 3 N–H and O–H groups in total. The van der Waals surface area contributed by atoms with Crippen LogP contribution in [-0.4, -0.2) is 63.0 Å². The first-order chi connectivity index (χ1) is 19.5. The number of benzene rings is 1. The van der Waals surface area contributed by atoms with E-state index in [-0.39, 0.29) is 30.3 Å². The summed E-state index contributed by atoms with van der Waals surface area (Å²) >= 11 is 1.60. The summed E-state index contributed by atoms with van der Waals surface area (Å²) in [6.07, 6.45) is 0.193. The number of rotatable bonds is 7. The summed E-state index contributed by atoms with van der Waals surface area (Å²) < 4.78 is 0. The first-order valence-corrected chi connectivity index (χ1v) is 15.4. The summed E-state index contributed by atoms with van der Waals surface area (Å²) in [4.78, 5) is 50.9. The topological polar surface area (TPSA) is 116 Å². The number of amides is 3. The van der Waals surface area contributed by atoms with Crippen molar-refractivity contribution in [3.8, 4) is 10.4 Å². The van der Waals surface area contributed by atoms with E-state index in [1.165, 1.54) is 4.90 Å². The van der Waals surface area contributed by atoms with E-state index in [1.807, 2.05) is 46.2 Å². The second-order valence-corrected chi connectivity index (χ2v) is 14.7. The van der Waals surface area contributed by atoms with Crippen LogP contribution in [0.25, 0.3) is 15.3 Å². The van der Waals surface area contributed by atoms with E-state index in [1.54, 1.807) is 11.3 Å². The maximum Gasteiger partial charge on any atom is 0.309 e. The molecule has 2 aromatic rings. The minimum Gasteiger partial charge on any atom is -0.391 e. The predicted octanol–water partition coefficient (Wildman–Crippen LogP) is 4.54. The Balaban J connectivity index is 1.56. The lowest BCUT2D eigenvalue weighted by Gasteiger charge is -2.35. The lowest BCUT2D eigenvalue weighted by Crippen LogP contribution is -2.59. The molecule has 4 rings (SSSR count). The van der Waals surface area contributed by atoms with Crippen LogP contribution in [0.5, 0.6) is 0 Å². The number of aliphatic hydroxyl groups excluding tert-OH is 1. The van der Waals surface area contributed by atoms with E-state index < -0.39 is 41.0 Å². The average molecular weight is 594 g/mol. The molecule has 1 saturated carbocycles. The molecule has 10 heteroatoms. The van der Waals surface area contributed by atoms with Gasteiger partial charge in [-0.15, -0.1) is 11.3 Å². The Kier molecular flexibility index (Phi) is 8.60. The fourth-order valence-corrected chi connectivity index (χ4v) is 6.39. The van der Waals surface area contributed by atoms with E-state index in [4.69, 9.17) is 6.57 Å². The molecule has 1 aliphatic carbocycles. The lowest BCUT2D eigenvalue weighted by atomic mass is 9.81. The van der Waals surface area contributed by atoms with E-state index in [0.717, 1.165) is 27.3 Å². The van der Waals surface area contributed by atoms with Gasteiger partial charge in [-0.3, -0.25) is 19.2 Å². The third kappa shape index (κ3) is 6.37. The summed E-state index contributed by atoms with van der Waals surface area (Å²) in [5.74, 6) is -1.24. The summed E-state index contributed by atoms with van der Waals surface area (Å²) in [5, 5.41) is 16.5. The number of carbonyl (C=O) groups excluding carboxylic acids is 3. The summed E-state index contributed by atoms with van der Waals surface area (Å²) in [6, 6.07) is 4.07. The molecule has 1 aromatic carbocycles. The first-order valence-electron chi connectivity index (χ1n) is 14.5. The smallest absolute Gasteiger partial charge is 0.309 e. The highest BCUT2D eigenvalue weighted by molar-refractivity contribution is 7.13. The molecule has 42 heavy (non-hydrogen) atoms. The molecule has 2 aliphatic rings. The zero-order chi connectivity index (χ0) is 31.2. The zero-order valence-electron chi connectivity index (χ0n) is 25.9. The molecule has 226 valence electrons. The van der Waals surface area contributed by atoms with Gasteiger partial charge in [-0.2, -0.15) is 0 Å². The highest BCUT2D eigenvalue weighted by Gasteiger charge is 2.59. The molecule has 0 unspecified atom stereocenters. The van der Waals surface area contributed by atoms with Gasteiger partial charge in [0.05, 0.1) is 28.2 Å². The van der Waals surface area contributed by atoms with Gasteiger partial charge in [0.2, 0.25) is 11.8 Å². The van der Waals surface area contributed by atoms with E-state index in [9.17, 15) is 19.5 Å². The third-order valence-electron chi connectivity index (χ3n) is 8.31. The summed E-state index contributed by atoms with van der Waals surface area (Å²) in [5.41, 5.74) is 4.01. The van der Waals surface area contributed by atoms with Crippen LogP contribution >= 0.6 is 11.3 Å². The summed E-state index contributed by atoms with van der Waals surface area (Å²) in [6.45, 7) is 23.2. The molecule has 0 radical (unpaired) electrons. The van der Waals surface area contributed by atoms with Crippen molar-refractivity contribution in [2.75, 3.05) is 6.54 Å². The Morgan fingerprint density at radius 2 is 1.83 bits per heavy atom. The molecule has 1 saturated heterocycles. The molecule has 1 aliphatic heterocycles. The number of carbonyl (C=O) groups is 3. The second kappa shape index (κ2) is 11.4. The highest BCUT2D eigenvalue weighted by atomic mass is 32.1. The van der Waals surface area contributed by atoms with Crippen LogP contribution in [0.3, 0.4) is 0 Å². The van der Waals surface area contributed by atoms with Crippen molar-refractivity contribution >= 4 is 29.1 Å². The van der Waals surface area contributed by atoms with E-state index in [0.29, 0.717) is 12.8 Å². The van der Waals surface area contributed by atoms with Crippen molar-refractivity contribution in [1.82, 2.24) is 20.5 Å². The van der Waals surface area contributed by atoms with Gasteiger partial charge in [-0.1, -0.05) is 53.7 Å². The fraction of sp³-hybridized carbons (Fsp3) is 0.594. The van der Waals surface area contributed by atoms with Crippen LogP contribution in [0.1, 0.15) is 90.6 Å². The molecule has 4 atom stereocenters. The molecule has 0 bridgehead atoms. The van der Waals surface area contributed by atoms with Gasteiger partial charge in [0.1, 0.15) is 12.1 Å². The molecule has 2 heterocycles. The van der Waals surface area contributed by atoms with Gasteiger partial charge in [-0.05, 0) is 47.4 Å². The monoisotopic (exact) mass is 593 g/mol. The van der Waals surface area contributed by atoms with Crippen molar-refractivity contribution in [2.45, 2.75) is 110 Å². The van der Waals surface area contributed by atoms with Crippen LogP contribution in [0.4, 0.5) is 0 Å². The quantitative estimate of drug-likeness (QED) is 0.408. The third-order valence-corrected chi connectivity index (χ3v) is 9.29. The summed E-state index contributed by atoms with van der Waals surface area (Å²) in [7, 11) is 0. The fourth-order valence-electron chi connectivity index (χ4n) is 5.58. The SMILES string of the molecule is [C-]#[N+]C1(C(=O)N[C@H](C(=O)N2C[C@H](O)C[C@H]2C(=O)N[C@@H](C)c2ccc(-c3scnc3C)cc2C(C)(C)C)C(C)(C)C)CC1. The van der Waals surface area contributed by atoms with Crippen molar-refractivity contribution in [3.05, 3.63) is 51.9 Å². The van der Waals surface area contributed by atoms with E-state index >= 15 is 0 Å². The van der Waals surface area contributed by atoms with Gasteiger partial charge in [0, 0.05) is 25.8 Å². The number of β-amino-alcohol motifs (C(OH)–C–C–N with tert-alkyl or cyclic N) is 1. The number of hydrogen-bond acceptors (Lipinski definition) is 6. The number of aliphatic hydroxyl groups is 1. The van der Waals surface area contributed by atoms with Gasteiger partial charge in [0.15, 0.2) is 0 Å². The normalized spacial score (nSPS) is 21.3. The highest BCUT2D eigenvalue weighted by Crippen LogP contribution is 2.41. The maximum atomic E-state index is 13.9. The average Bonchev–Trinajstić information content (AvgIpc) is 3.44. The van der Waals surface area contributed by atoms with Crippen molar-refractivity contribution in [1.29, 1.82) is 0 Å². The molecular weight excluding hydrogens is 550 g/mol.